The van der Waals surface area contributed by atoms with Crippen molar-refractivity contribution in [3.63, 3.8) is 0 Å². The number of rotatable bonds is 7. The molecule has 1 amide bonds. The molecule has 0 spiro atoms. The van der Waals surface area contributed by atoms with E-state index < -0.39 is 5.97 Å². The minimum absolute atomic E-state index is 0.294. The van der Waals surface area contributed by atoms with Gasteiger partial charge < -0.3 is 14.8 Å². The van der Waals surface area contributed by atoms with Gasteiger partial charge in [0.25, 0.3) is 5.91 Å². The lowest BCUT2D eigenvalue weighted by atomic mass is 10.1. The van der Waals surface area contributed by atoms with Gasteiger partial charge in [0.2, 0.25) is 0 Å². The Morgan fingerprint density at radius 2 is 1.67 bits per heavy atom. The van der Waals surface area contributed by atoms with E-state index in [1.165, 1.54) is 12.7 Å². The van der Waals surface area contributed by atoms with Crippen molar-refractivity contribution in [2.75, 3.05) is 13.7 Å². The number of hydrogen-bond acceptors (Lipinski definition) is 4. The lowest BCUT2D eigenvalue weighted by Gasteiger charge is -2.09. The summed E-state index contributed by atoms with van der Waals surface area (Å²) in [6.45, 7) is 2.16. The lowest BCUT2D eigenvalue weighted by molar-refractivity contribution is -0.124. The van der Waals surface area contributed by atoms with E-state index in [1.54, 1.807) is 24.3 Å². The monoisotopic (exact) mass is 327 g/mol. The molecule has 5 heteroatoms. The number of ether oxygens (including phenoxy) is 2. The number of esters is 1. The highest BCUT2D eigenvalue weighted by Gasteiger charge is 2.14. The van der Waals surface area contributed by atoms with Crippen LogP contribution in [0.3, 0.4) is 0 Å². The Bertz CT molecular complexity index is 695. The van der Waals surface area contributed by atoms with Crippen LogP contribution >= 0.6 is 0 Å². The van der Waals surface area contributed by atoms with Crippen LogP contribution in [0.4, 0.5) is 0 Å². The molecule has 0 aliphatic carbocycles. The van der Waals surface area contributed by atoms with Gasteiger partial charge in [0.1, 0.15) is 11.3 Å². The highest BCUT2D eigenvalue weighted by Crippen LogP contribution is 2.18. The Morgan fingerprint density at radius 1 is 1.00 bits per heavy atom. The maximum absolute atomic E-state index is 12.0. The Labute approximate surface area is 141 Å². The fourth-order valence-corrected chi connectivity index (χ4v) is 2.17. The fourth-order valence-electron chi connectivity index (χ4n) is 2.17. The number of carbonyl (C=O) groups is 2. The molecule has 0 fully saturated rings. The predicted octanol–water partition coefficient (Wildman–Crippen LogP) is 2.73. The van der Waals surface area contributed by atoms with Gasteiger partial charge in [-0.15, -0.1) is 0 Å². The van der Waals surface area contributed by atoms with Gasteiger partial charge in [-0.05, 0) is 29.7 Å². The summed E-state index contributed by atoms with van der Waals surface area (Å²) in [4.78, 5) is 23.8. The van der Waals surface area contributed by atoms with E-state index in [1.807, 2.05) is 24.3 Å². The molecule has 126 valence electrons. The third-order valence-electron chi connectivity index (χ3n) is 3.58. The quantitative estimate of drug-likeness (QED) is 0.794. The Kier molecular flexibility index (Phi) is 6.37. The second-order valence-electron chi connectivity index (χ2n) is 5.22. The second kappa shape index (κ2) is 8.72. The minimum Gasteiger partial charge on any atom is -0.496 e. The van der Waals surface area contributed by atoms with E-state index in [2.05, 4.69) is 12.2 Å². The lowest BCUT2D eigenvalue weighted by Crippen LogP contribution is -2.28. The zero-order valence-electron chi connectivity index (χ0n) is 13.9. The summed E-state index contributed by atoms with van der Waals surface area (Å²) >= 11 is 0. The van der Waals surface area contributed by atoms with Gasteiger partial charge in [-0.2, -0.15) is 0 Å². The van der Waals surface area contributed by atoms with E-state index in [-0.39, 0.29) is 12.5 Å². The molecule has 2 rings (SSSR count). The molecule has 0 radical (unpaired) electrons. The molecule has 0 unspecified atom stereocenters. The van der Waals surface area contributed by atoms with Crippen molar-refractivity contribution in [3.8, 4) is 5.75 Å². The van der Waals surface area contributed by atoms with Crippen LogP contribution < -0.4 is 10.1 Å². The number of para-hydroxylation sites is 1. The maximum atomic E-state index is 12.0. The molecule has 5 nitrogen and oxygen atoms in total. The zero-order valence-corrected chi connectivity index (χ0v) is 13.9. The molecule has 24 heavy (non-hydrogen) atoms. The summed E-state index contributed by atoms with van der Waals surface area (Å²) in [6, 6.07) is 14.7. The first-order chi connectivity index (χ1) is 11.6. The highest BCUT2D eigenvalue weighted by molar-refractivity contribution is 5.93. The molecule has 0 heterocycles. The molecular formula is C19H21NO4. The van der Waals surface area contributed by atoms with Crippen molar-refractivity contribution in [3.05, 3.63) is 65.2 Å². The summed E-state index contributed by atoms with van der Waals surface area (Å²) in [5.41, 5.74) is 2.54. The first kappa shape index (κ1) is 17.5. The summed E-state index contributed by atoms with van der Waals surface area (Å²) in [6.07, 6.45) is 0.978. The molecule has 0 bridgehead atoms. The van der Waals surface area contributed by atoms with Gasteiger partial charge in [-0.25, -0.2) is 4.79 Å². The van der Waals surface area contributed by atoms with Crippen LogP contribution in [0.2, 0.25) is 0 Å². The smallest absolute Gasteiger partial charge is 0.342 e. The second-order valence-corrected chi connectivity index (χ2v) is 5.22. The number of nitrogens with one attached hydrogen (secondary N) is 1. The zero-order chi connectivity index (χ0) is 17.4. The summed E-state index contributed by atoms with van der Waals surface area (Å²) in [7, 11) is 1.47. The Hall–Kier alpha value is -2.82. The van der Waals surface area contributed by atoms with Crippen molar-refractivity contribution < 1.29 is 19.1 Å². The average molecular weight is 327 g/mol. The van der Waals surface area contributed by atoms with Crippen molar-refractivity contribution in [1.29, 1.82) is 0 Å². The van der Waals surface area contributed by atoms with Crippen molar-refractivity contribution in [2.45, 2.75) is 19.9 Å². The van der Waals surface area contributed by atoms with Crippen LogP contribution in [0, 0.1) is 0 Å². The molecule has 0 saturated carbocycles. The largest absolute Gasteiger partial charge is 0.496 e. The van der Waals surface area contributed by atoms with Crippen LogP contribution in [0.15, 0.2) is 48.5 Å². The number of carbonyl (C=O) groups excluding carboxylic acids is 2. The number of benzene rings is 2. The standard InChI is InChI=1S/C19H21NO4/c1-3-14-8-10-15(11-9-14)12-20-18(21)13-24-19(22)16-6-4-5-7-17(16)23-2/h4-11H,3,12-13H2,1-2H3,(H,20,21). The first-order valence-corrected chi connectivity index (χ1v) is 7.78. The Morgan fingerprint density at radius 3 is 2.33 bits per heavy atom. The molecule has 0 saturated heterocycles. The number of aryl methyl sites for hydroxylation is 1. The van der Waals surface area contributed by atoms with Crippen LogP contribution in [0.1, 0.15) is 28.4 Å². The number of amides is 1. The number of hydrogen-bond donors (Lipinski definition) is 1. The average Bonchev–Trinajstić information content (AvgIpc) is 2.64. The Balaban J connectivity index is 1.81. The van der Waals surface area contributed by atoms with Crippen molar-refractivity contribution in [1.82, 2.24) is 5.32 Å². The van der Waals surface area contributed by atoms with Gasteiger partial charge in [-0.1, -0.05) is 43.3 Å². The van der Waals surface area contributed by atoms with Crippen LogP contribution in [-0.2, 0) is 22.5 Å². The van der Waals surface area contributed by atoms with E-state index in [0.29, 0.717) is 17.9 Å². The van der Waals surface area contributed by atoms with E-state index in [4.69, 9.17) is 9.47 Å². The normalized spacial score (nSPS) is 10.1. The third kappa shape index (κ3) is 4.84. The van der Waals surface area contributed by atoms with E-state index in [9.17, 15) is 9.59 Å². The van der Waals surface area contributed by atoms with Crippen molar-refractivity contribution in [2.24, 2.45) is 0 Å². The van der Waals surface area contributed by atoms with E-state index in [0.717, 1.165) is 12.0 Å². The molecule has 0 aromatic heterocycles. The van der Waals surface area contributed by atoms with Gasteiger partial charge in [0.15, 0.2) is 6.61 Å². The summed E-state index contributed by atoms with van der Waals surface area (Å²) < 4.78 is 10.1. The van der Waals surface area contributed by atoms with Crippen LogP contribution in [-0.4, -0.2) is 25.6 Å². The minimum atomic E-state index is -0.588. The number of methoxy groups -OCH3 is 1. The summed E-state index contributed by atoms with van der Waals surface area (Å²) in [5, 5.41) is 2.72. The predicted molar refractivity (Wildman–Crippen MR) is 90.9 cm³/mol. The molecule has 0 aliphatic rings. The SMILES string of the molecule is CCc1ccc(CNC(=O)COC(=O)c2ccccc2OC)cc1. The molecule has 1 N–H and O–H groups in total. The maximum Gasteiger partial charge on any atom is 0.342 e. The fraction of sp³-hybridized carbons (Fsp3) is 0.263. The molecule has 2 aromatic carbocycles. The topological polar surface area (TPSA) is 64.6 Å². The van der Waals surface area contributed by atoms with Gasteiger partial charge in [0.05, 0.1) is 7.11 Å². The third-order valence-corrected chi connectivity index (χ3v) is 3.58. The molecule has 2 aromatic rings. The molecular weight excluding hydrogens is 306 g/mol. The van der Waals surface area contributed by atoms with Gasteiger partial charge in [0, 0.05) is 6.54 Å². The molecule has 0 aliphatic heterocycles. The van der Waals surface area contributed by atoms with Crippen molar-refractivity contribution >= 4 is 11.9 Å². The first-order valence-electron chi connectivity index (χ1n) is 7.78. The van der Waals surface area contributed by atoms with Gasteiger partial charge in [-0.3, -0.25) is 4.79 Å². The summed E-state index contributed by atoms with van der Waals surface area (Å²) in [5.74, 6) is -0.522. The van der Waals surface area contributed by atoms with E-state index >= 15 is 0 Å². The van der Waals surface area contributed by atoms with Crippen LogP contribution in [0.25, 0.3) is 0 Å². The van der Waals surface area contributed by atoms with Crippen LogP contribution in [0.5, 0.6) is 5.75 Å². The van der Waals surface area contributed by atoms with Gasteiger partial charge >= 0.3 is 5.97 Å². The molecule has 0 atom stereocenters. The highest BCUT2D eigenvalue weighted by atomic mass is 16.5.